The van der Waals surface area contributed by atoms with Gasteiger partial charge in [0.25, 0.3) is 0 Å². The fourth-order valence-corrected chi connectivity index (χ4v) is 3.59. The molecule has 0 amide bonds. The number of thiazole rings is 1. The molecule has 0 atom stereocenters. The van der Waals surface area contributed by atoms with Gasteiger partial charge in [0, 0.05) is 12.1 Å². The van der Waals surface area contributed by atoms with E-state index in [-0.39, 0.29) is 11.5 Å². The molecule has 0 unspecified atom stereocenters. The molecule has 0 aliphatic carbocycles. The largest absolute Gasteiger partial charge is 0.508 e. The topological polar surface area (TPSA) is 69.0 Å². The number of hydrazone groups is 1. The molecule has 0 bridgehead atoms. The predicted molar refractivity (Wildman–Crippen MR) is 108 cm³/mol. The van der Waals surface area contributed by atoms with Crippen LogP contribution in [0.25, 0.3) is 10.2 Å². The van der Waals surface area contributed by atoms with Gasteiger partial charge in [-0.25, -0.2) is 9.99 Å². The van der Waals surface area contributed by atoms with E-state index in [2.05, 4.69) is 23.1 Å². The summed E-state index contributed by atoms with van der Waals surface area (Å²) in [6.45, 7) is 2.95. The first-order chi connectivity index (χ1) is 12.7. The van der Waals surface area contributed by atoms with E-state index >= 15 is 0 Å². The summed E-state index contributed by atoms with van der Waals surface area (Å²) >= 11 is 1.60. The molecule has 3 aromatic rings. The van der Waals surface area contributed by atoms with E-state index in [1.54, 1.807) is 17.6 Å². The lowest BCUT2D eigenvalue weighted by molar-refractivity contribution is 0.459. The molecular weight excluding hydrogens is 346 g/mol. The van der Waals surface area contributed by atoms with Gasteiger partial charge in [-0.3, -0.25) is 0 Å². The van der Waals surface area contributed by atoms with Crippen LogP contribution in [0.2, 0.25) is 0 Å². The van der Waals surface area contributed by atoms with E-state index in [0.717, 1.165) is 34.7 Å². The summed E-state index contributed by atoms with van der Waals surface area (Å²) in [5.41, 5.74) is 1.44. The zero-order valence-electron chi connectivity index (χ0n) is 14.8. The molecule has 0 saturated heterocycles. The Kier molecular flexibility index (Phi) is 6.07. The summed E-state index contributed by atoms with van der Waals surface area (Å²) < 4.78 is 1.12. The molecule has 1 aromatic heterocycles. The number of rotatable bonds is 8. The third-order valence-electron chi connectivity index (χ3n) is 4.07. The Morgan fingerprint density at radius 1 is 1.12 bits per heavy atom. The average Bonchev–Trinajstić information content (AvgIpc) is 3.07. The predicted octanol–water partition coefficient (Wildman–Crippen LogP) is 5.13. The van der Waals surface area contributed by atoms with E-state index in [0.29, 0.717) is 5.56 Å². The Labute approximate surface area is 157 Å². The zero-order valence-corrected chi connectivity index (χ0v) is 15.6. The van der Waals surface area contributed by atoms with Crippen LogP contribution < -0.4 is 5.01 Å². The van der Waals surface area contributed by atoms with E-state index in [9.17, 15) is 10.2 Å². The van der Waals surface area contributed by atoms with Crippen LogP contribution in [-0.4, -0.2) is 28.0 Å². The van der Waals surface area contributed by atoms with Crippen molar-refractivity contribution < 1.29 is 10.2 Å². The summed E-state index contributed by atoms with van der Waals surface area (Å²) in [4.78, 5) is 4.68. The molecule has 6 heteroatoms. The fourth-order valence-electron chi connectivity index (χ4n) is 2.64. The quantitative estimate of drug-likeness (QED) is 0.250. The Morgan fingerprint density at radius 3 is 2.77 bits per heavy atom. The molecule has 1 heterocycles. The number of unbranched alkanes of at least 4 members (excludes halogenated alkanes) is 3. The van der Waals surface area contributed by atoms with Crippen LogP contribution in [0, 0.1) is 0 Å². The molecule has 0 spiro atoms. The third kappa shape index (κ3) is 4.52. The number of anilines is 1. The van der Waals surface area contributed by atoms with Crippen molar-refractivity contribution in [3.05, 3.63) is 48.0 Å². The van der Waals surface area contributed by atoms with Crippen LogP contribution in [-0.2, 0) is 0 Å². The minimum absolute atomic E-state index is 0.0850. The second-order valence-corrected chi connectivity index (χ2v) is 7.14. The molecule has 3 rings (SSSR count). The number of hydrogen-bond acceptors (Lipinski definition) is 6. The average molecular weight is 369 g/mol. The number of para-hydroxylation sites is 1. The van der Waals surface area contributed by atoms with Crippen molar-refractivity contribution in [2.45, 2.75) is 32.6 Å². The number of aromatic nitrogens is 1. The first-order valence-corrected chi connectivity index (χ1v) is 9.68. The van der Waals surface area contributed by atoms with Crippen LogP contribution in [0.15, 0.2) is 47.6 Å². The van der Waals surface area contributed by atoms with E-state index in [1.807, 2.05) is 23.2 Å². The van der Waals surface area contributed by atoms with Crippen molar-refractivity contribution in [2.24, 2.45) is 5.10 Å². The van der Waals surface area contributed by atoms with Gasteiger partial charge >= 0.3 is 0 Å². The fraction of sp³-hybridized carbons (Fsp3) is 0.300. The van der Waals surface area contributed by atoms with Crippen LogP contribution in [0.4, 0.5) is 5.13 Å². The highest BCUT2D eigenvalue weighted by Crippen LogP contribution is 2.29. The standard InChI is InChI=1S/C20H23N3O2S/c1-2-3-4-7-12-23(20-22-17-8-5-6-9-19(17)26-20)21-14-15-13-16(24)10-11-18(15)25/h5-6,8-11,13-14,24-25H,2-4,7,12H2,1H3. The van der Waals surface area contributed by atoms with Crippen molar-refractivity contribution in [1.82, 2.24) is 4.98 Å². The Balaban J connectivity index is 1.84. The van der Waals surface area contributed by atoms with Crippen molar-refractivity contribution in [3.63, 3.8) is 0 Å². The molecule has 0 radical (unpaired) electrons. The summed E-state index contributed by atoms with van der Waals surface area (Å²) in [6.07, 6.45) is 6.12. The highest BCUT2D eigenvalue weighted by Gasteiger charge is 2.11. The summed E-state index contributed by atoms with van der Waals surface area (Å²) in [5, 5.41) is 26.8. The smallest absolute Gasteiger partial charge is 0.207 e. The lowest BCUT2D eigenvalue weighted by Crippen LogP contribution is -2.18. The van der Waals surface area contributed by atoms with Crippen molar-refractivity contribution in [1.29, 1.82) is 0 Å². The maximum atomic E-state index is 9.94. The van der Waals surface area contributed by atoms with Gasteiger partial charge in [0.05, 0.1) is 16.4 Å². The van der Waals surface area contributed by atoms with Gasteiger partial charge in [0.15, 0.2) is 0 Å². The third-order valence-corrected chi connectivity index (χ3v) is 5.12. The molecule has 2 N–H and O–H groups in total. The van der Waals surface area contributed by atoms with Crippen LogP contribution in [0.3, 0.4) is 0 Å². The maximum Gasteiger partial charge on any atom is 0.207 e. The Morgan fingerprint density at radius 2 is 1.96 bits per heavy atom. The maximum absolute atomic E-state index is 9.94. The number of phenolic OH excluding ortho intramolecular Hbond substituents is 2. The molecule has 0 saturated carbocycles. The van der Waals surface area contributed by atoms with Gasteiger partial charge in [-0.1, -0.05) is 49.7 Å². The van der Waals surface area contributed by atoms with Gasteiger partial charge in [-0.15, -0.1) is 0 Å². The first kappa shape index (κ1) is 18.2. The lowest BCUT2D eigenvalue weighted by Gasteiger charge is -2.15. The molecule has 2 aromatic carbocycles. The molecule has 26 heavy (non-hydrogen) atoms. The Bertz CT molecular complexity index is 859. The van der Waals surface area contributed by atoms with Crippen LogP contribution >= 0.6 is 11.3 Å². The van der Waals surface area contributed by atoms with E-state index in [1.165, 1.54) is 31.0 Å². The summed E-state index contributed by atoms with van der Waals surface area (Å²) in [5.74, 6) is 0.181. The normalized spacial score (nSPS) is 11.4. The van der Waals surface area contributed by atoms with Crippen molar-refractivity contribution in [2.75, 3.05) is 11.6 Å². The summed E-state index contributed by atoms with van der Waals surface area (Å²) in [7, 11) is 0. The van der Waals surface area contributed by atoms with Gasteiger partial charge in [0.2, 0.25) is 5.13 Å². The van der Waals surface area contributed by atoms with Gasteiger partial charge < -0.3 is 10.2 Å². The van der Waals surface area contributed by atoms with Gasteiger partial charge in [0.1, 0.15) is 11.5 Å². The molecular formula is C20H23N3O2S. The number of aromatic hydroxyl groups is 2. The molecule has 136 valence electrons. The molecule has 0 fully saturated rings. The first-order valence-electron chi connectivity index (χ1n) is 8.86. The second kappa shape index (κ2) is 8.67. The van der Waals surface area contributed by atoms with Crippen molar-refractivity contribution in [3.8, 4) is 11.5 Å². The van der Waals surface area contributed by atoms with Gasteiger partial charge in [-0.2, -0.15) is 5.10 Å². The number of fused-ring (bicyclic) bond motifs is 1. The van der Waals surface area contributed by atoms with Crippen molar-refractivity contribution >= 4 is 32.9 Å². The van der Waals surface area contributed by atoms with E-state index in [4.69, 9.17) is 0 Å². The minimum atomic E-state index is 0.0850. The minimum Gasteiger partial charge on any atom is -0.508 e. The Hall–Kier alpha value is -2.60. The second-order valence-electron chi connectivity index (χ2n) is 6.14. The number of nitrogens with zero attached hydrogens (tertiary/aromatic N) is 3. The van der Waals surface area contributed by atoms with Gasteiger partial charge in [-0.05, 0) is 36.8 Å². The van der Waals surface area contributed by atoms with Crippen LogP contribution in [0.1, 0.15) is 38.2 Å². The zero-order chi connectivity index (χ0) is 18.4. The number of phenols is 2. The molecule has 0 aliphatic rings. The highest BCUT2D eigenvalue weighted by molar-refractivity contribution is 7.22. The summed E-state index contributed by atoms with van der Waals surface area (Å²) in [6, 6.07) is 12.4. The monoisotopic (exact) mass is 369 g/mol. The SMILES string of the molecule is CCCCCCN(N=Cc1cc(O)ccc1O)c1nc2ccccc2s1. The lowest BCUT2D eigenvalue weighted by atomic mass is 10.2. The number of benzene rings is 2. The van der Waals surface area contributed by atoms with E-state index < -0.39 is 0 Å². The highest BCUT2D eigenvalue weighted by atomic mass is 32.1. The van der Waals surface area contributed by atoms with Crippen LogP contribution in [0.5, 0.6) is 11.5 Å². The molecule has 0 aliphatic heterocycles. The molecule has 5 nitrogen and oxygen atoms in total. The number of hydrogen-bond donors (Lipinski definition) is 2.